The molecule has 1 heterocycles. The molecule has 0 saturated carbocycles. The van der Waals surface area contributed by atoms with E-state index in [9.17, 15) is 0 Å². The van der Waals surface area contributed by atoms with E-state index in [-0.39, 0.29) is 0 Å². The number of benzene rings is 1. The van der Waals surface area contributed by atoms with Gasteiger partial charge in [0.2, 0.25) is 0 Å². The van der Waals surface area contributed by atoms with Crippen molar-refractivity contribution in [1.82, 2.24) is 0 Å². The van der Waals surface area contributed by atoms with Crippen molar-refractivity contribution in [1.29, 1.82) is 0 Å². The summed E-state index contributed by atoms with van der Waals surface area (Å²) in [4.78, 5) is 1.35. The number of hydrogen-bond acceptors (Lipinski definition) is 1. The average molecular weight is 254 g/mol. The van der Waals surface area contributed by atoms with E-state index >= 15 is 0 Å². The Bertz CT molecular complexity index is 578. The van der Waals surface area contributed by atoms with Gasteiger partial charge in [-0.05, 0) is 48.4 Å². The molecule has 0 fully saturated rings. The van der Waals surface area contributed by atoms with Crippen LogP contribution in [0.1, 0.15) is 16.0 Å². The maximum atomic E-state index is 2.21. The lowest BCUT2D eigenvalue weighted by Gasteiger charge is -2.08. The number of hydrogen-bond donors (Lipinski definition) is 0. The lowest BCUT2D eigenvalue weighted by molar-refractivity contribution is 1.37. The van der Waals surface area contributed by atoms with Crippen LogP contribution in [0.15, 0.2) is 53.9 Å². The fraction of sp³-hybridized carbons (Fsp3) is 0.176. The third kappa shape index (κ3) is 2.80. The molecule has 0 spiro atoms. The van der Waals surface area contributed by atoms with Gasteiger partial charge in [0.25, 0.3) is 0 Å². The molecule has 18 heavy (non-hydrogen) atoms. The van der Waals surface area contributed by atoms with Crippen molar-refractivity contribution in [2.45, 2.75) is 20.8 Å². The molecule has 0 N–H and O–H groups in total. The Morgan fingerprint density at radius 1 is 0.778 bits per heavy atom. The molecule has 92 valence electrons. The second-order valence-electron chi connectivity index (χ2n) is 4.41. The first-order valence-electron chi connectivity index (χ1n) is 6.14. The quantitative estimate of drug-likeness (QED) is 0.633. The molecule has 1 heteroatoms. The highest BCUT2D eigenvalue weighted by atomic mass is 32.1. The van der Waals surface area contributed by atoms with Gasteiger partial charge in [0, 0.05) is 4.88 Å². The molecule has 0 unspecified atom stereocenters. The second-order valence-corrected chi connectivity index (χ2v) is 5.53. The lowest BCUT2D eigenvalue weighted by Crippen LogP contribution is -1.86. The first-order chi connectivity index (χ1) is 8.70. The van der Waals surface area contributed by atoms with Crippen molar-refractivity contribution in [3.8, 4) is 11.1 Å². The minimum absolute atomic E-state index is 1.29. The minimum Gasteiger partial charge on any atom is -0.149 e. The van der Waals surface area contributed by atoms with E-state index < -0.39 is 0 Å². The zero-order chi connectivity index (χ0) is 13.0. The molecule has 0 nitrogen and oxygen atoms in total. The Kier molecular flexibility index (Phi) is 4.16. The molecular weight excluding hydrogens is 236 g/mol. The van der Waals surface area contributed by atoms with Gasteiger partial charge in [-0.1, -0.05) is 48.5 Å². The van der Waals surface area contributed by atoms with Gasteiger partial charge in [0.05, 0.1) is 0 Å². The zero-order valence-corrected chi connectivity index (χ0v) is 11.9. The number of aryl methyl sites for hydroxylation is 2. The van der Waals surface area contributed by atoms with Crippen LogP contribution in [-0.4, -0.2) is 0 Å². The Morgan fingerprint density at radius 3 is 2.17 bits per heavy atom. The molecule has 0 saturated heterocycles. The third-order valence-electron chi connectivity index (χ3n) is 3.14. The molecule has 0 aliphatic carbocycles. The topological polar surface area (TPSA) is 0 Å². The Balaban J connectivity index is 2.82. The van der Waals surface area contributed by atoms with Gasteiger partial charge in [-0.3, -0.25) is 0 Å². The maximum Gasteiger partial charge on any atom is 0.00493 e. The molecule has 2 aromatic rings. The van der Waals surface area contributed by atoms with Crippen LogP contribution in [0.25, 0.3) is 11.1 Å². The molecule has 0 radical (unpaired) electrons. The van der Waals surface area contributed by atoms with E-state index in [1.807, 2.05) is 0 Å². The van der Waals surface area contributed by atoms with Crippen LogP contribution in [-0.2, 0) is 0 Å². The fourth-order valence-electron chi connectivity index (χ4n) is 2.08. The normalized spacial score (nSPS) is 9.94. The van der Waals surface area contributed by atoms with E-state index in [4.69, 9.17) is 0 Å². The molecule has 0 amide bonds. The first kappa shape index (κ1) is 12.8. The Labute approximate surface area is 113 Å². The predicted octanol–water partition coefficient (Wildman–Crippen LogP) is 5.46. The SMILES string of the molecule is Cc1ccccsc(C)c(C)c1-c1ccccc1. The van der Waals surface area contributed by atoms with E-state index in [0.717, 1.165) is 0 Å². The highest BCUT2D eigenvalue weighted by Gasteiger charge is 2.04. The average Bonchev–Trinajstić information content (AvgIpc) is 2.44. The van der Waals surface area contributed by atoms with E-state index in [1.54, 1.807) is 11.3 Å². The van der Waals surface area contributed by atoms with Gasteiger partial charge < -0.3 is 0 Å². The van der Waals surface area contributed by atoms with Crippen molar-refractivity contribution < 1.29 is 0 Å². The zero-order valence-electron chi connectivity index (χ0n) is 11.1. The molecule has 2 rings (SSSR count). The lowest BCUT2D eigenvalue weighted by atomic mass is 9.98. The predicted molar refractivity (Wildman–Crippen MR) is 81.6 cm³/mol. The summed E-state index contributed by atoms with van der Waals surface area (Å²) in [6.45, 7) is 6.58. The van der Waals surface area contributed by atoms with Crippen LogP contribution in [0.5, 0.6) is 0 Å². The summed E-state index contributed by atoms with van der Waals surface area (Å²) in [5.74, 6) is 0. The van der Waals surface area contributed by atoms with Crippen LogP contribution in [0.2, 0.25) is 0 Å². The Hall–Kier alpha value is -1.60. The fourth-order valence-corrected chi connectivity index (χ4v) is 2.73. The van der Waals surface area contributed by atoms with E-state index in [1.165, 1.54) is 27.1 Å². The van der Waals surface area contributed by atoms with Crippen molar-refractivity contribution in [2.24, 2.45) is 0 Å². The van der Waals surface area contributed by atoms with Crippen LogP contribution in [0.3, 0.4) is 0 Å². The summed E-state index contributed by atoms with van der Waals surface area (Å²) >= 11 is 1.79. The van der Waals surface area contributed by atoms with Gasteiger partial charge in [-0.2, -0.15) is 0 Å². The van der Waals surface area contributed by atoms with Crippen LogP contribution in [0, 0.1) is 20.8 Å². The monoisotopic (exact) mass is 254 g/mol. The maximum absolute atomic E-state index is 2.21. The van der Waals surface area contributed by atoms with Crippen molar-refractivity contribution in [3.05, 3.63) is 69.9 Å². The van der Waals surface area contributed by atoms with Gasteiger partial charge in [0.15, 0.2) is 0 Å². The largest absolute Gasteiger partial charge is 0.149 e. The first-order valence-corrected chi connectivity index (χ1v) is 7.02. The summed E-state index contributed by atoms with van der Waals surface area (Å²) in [7, 11) is 0. The molecule has 0 aliphatic rings. The van der Waals surface area contributed by atoms with Gasteiger partial charge in [-0.15, -0.1) is 11.3 Å². The van der Waals surface area contributed by atoms with Gasteiger partial charge in [-0.25, -0.2) is 0 Å². The Morgan fingerprint density at radius 2 is 1.44 bits per heavy atom. The highest BCUT2D eigenvalue weighted by molar-refractivity contribution is 7.09. The third-order valence-corrected chi connectivity index (χ3v) is 4.09. The smallest absolute Gasteiger partial charge is 0.00493 e. The summed E-state index contributed by atoms with van der Waals surface area (Å²) in [5, 5.41) is 2.14. The highest BCUT2D eigenvalue weighted by Crippen LogP contribution is 2.27. The standard InChI is InChI=1S/C17H18S/c1-13-9-7-8-12-18-15(3)14(2)17(13)16-10-5-4-6-11-16/h4-12H,1-3H3. The number of rotatable bonds is 1. The molecule has 0 atom stereocenters. The summed E-state index contributed by atoms with van der Waals surface area (Å²) in [5.41, 5.74) is 5.31. The van der Waals surface area contributed by atoms with Crippen molar-refractivity contribution in [3.63, 3.8) is 0 Å². The van der Waals surface area contributed by atoms with Crippen molar-refractivity contribution >= 4 is 11.3 Å². The molecule has 1 aromatic carbocycles. The van der Waals surface area contributed by atoms with Gasteiger partial charge in [0.1, 0.15) is 0 Å². The minimum atomic E-state index is 1.29. The van der Waals surface area contributed by atoms with Crippen LogP contribution < -0.4 is 0 Å². The van der Waals surface area contributed by atoms with E-state index in [2.05, 4.69) is 74.7 Å². The van der Waals surface area contributed by atoms with Gasteiger partial charge >= 0.3 is 0 Å². The molecular formula is C17H18S. The summed E-state index contributed by atoms with van der Waals surface area (Å²) in [6.07, 6.45) is 0. The van der Waals surface area contributed by atoms with Crippen LogP contribution in [0.4, 0.5) is 0 Å². The molecule has 0 bridgehead atoms. The second kappa shape index (κ2) is 5.83. The summed E-state index contributed by atoms with van der Waals surface area (Å²) < 4.78 is 0. The van der Waals surface area contributed by atoms with Crippen molar-refractivity contribution in [2.75, 3.05) is 0 Å². The van der Waals surface area contributed by atoms with Crippen LogP contribution >= 0.6 is 11.3 Å². The molecule has 0 aliphatic heterocycles. The van der Waals surface area contributed by atoms with E-state index in [0.29, 0.717) is 0 Å². The molecule has 1 aromatic heterocycles. The summed E-state index contributed by atoms with van der Waals surface area (Å²) in [6, 6.07) is 17.0.